The van der Waals surface area contributed by atoms with E-state index in [2.05, 4.69) is 4.98 Å². The molecule has 2 aromatic rings. The van der Waals surface area contributed by atoms with Gasteiger partial charge in [-0.15, -0.1) is 11.3 Å². The Hall–Kier alpha value is -1.40. The Labute approximate surface area is 137 Å². The van der Waals surface area contributed by atoms with Crippen LogP contribution in [0, 0.1) is 12.7 Å². The Morgan fingerprint density at radius 1 is 1.36 bits per heavy atom. The minimum absolute atomic E-state index is 0.0147. The second-order valence-electron chi connectivity index (χ2n) is 5.21. The first-order chi connectivity index (χ1) is 10.6. The van der Waals surface area contributed by atoms with Crippen LogP contribution in [0.15, 0.2) is 29.6 Å². The van der Waals surface area contributed by atoms with E-state index in [1.54, 1.807) is 17.8 Å². The number of thiazole rings is 1. The topological polar surface area (TPSA) is 33.2 Å². The lowest BCUT2D eigenvalue weighted by molar-refractivity contribution is 0.0761. The zero-order valence-electron chi connectivity index (χ0n) is 12.3. The molecule has 0 aliphatic carbocycles. The van der Waals surface area contributed by atoms with Crippen molar-refractivity contribution in [2.45, 2.75) is 18.6 Å². The number of carbonyl (C=O) groups excluding carboxylic acids is 1. The summed E-state index contributed by atoms with van der Waals surface area (Å²) in [6.45, 7) is 3.22. The largest absolute Gasteiger partial charge is 0.336 e. The zero-order valence-corrected chi connectivity index (χ0v) is 13.9. The Kier molecular flexibility index (Phi) is 4.78. The number of amides is 1. The third-order valence-corrected chi connectivity index (χ3v) is 5.80. The van der Waals surface area contributed by atoms with Crippen molar-refractivity contribution in [3.8, 4) is 0 Å². The number of aryl methyl sites for hydroxylation is 1. The van der Waals surface area contributed by atoms with Crippen LogP contribution < -0.4 is 0 Å². The summed E-state index contributed by atoms with van der Waals surface area (Å²) in [5.41, 5.74) is 1.27. The molecule has 0 N–H and O–H groups in total. The van der Waals surface area contributed by atoms with Crippen LogP contribution in [0.1, 0.15) is 32.7 Å². The van der Waals surface area contributed by atoms with Gasteiger partial charge in [0.15, 0.2) is 0 Å². The maximum Gasteiger partial charge on any atom is 0.273 e. The van der Waals surface area contributed by atoms with Gasteiger partial charge in [0, 0.05) is 35.0 Å². The summed E-state index contributed by atoms with van der Waals surface area (Å²) in [5, 5.41) is 2.82. The number of hydrogen-bond acceptors (Lipinski definition) is 4. The van der Waals surface area contributed by atoms with E-state index in [-0.39, 0.29) is 17.0 Å². The van der Waals surface area contributed by atoms with Crippen LogP contribution in [0.25, 0.3) is 0 Å². The van der Waals surface area contributed by atoms with Gasteiger partial charge < -0.3 is 4.90 Å². The fourth-order valence-electron chi connectivity index (χ4n) is 2.58. The molecule has 116 valence electrons. The number of thioether (sulfide) groups is 1. The molecule has 1 aromatic heterocycles. The van der Waals surface area contributed by atoms with E-state index in [0.29, 0.717) is 18.8 Å². The second-order valence-corrected chi connectivity index (χ2v) is 7.59. The quantitative estimate of drug-likeness (QED) is 0.833. The van der Waals surface area contributed by atoms with E-state index in [1.807, 2.05) is 29.3 Å². The molecule has 1 atom stereocenters. The molecule has 1 saturated heterocycles. The van der Waals surface area contributed by atoms with Crippen molar-refractivity contribution < 1.29 is 9.18 Å². The lowest BCUT2D eigenvalue weighted by Crippen LogP contribution is -2.33. The number of nitrogens with zero attached hydrogens (tertiary/aromatic N) is 2. The van der Waals surface area contributed by atoms with Crippen LogP contribution in [0.5, 0.6) is 0 Å². The molecule has 6 heteroatoms. The monoisotopic (exact) mass is 336 g/mol. The van der Waals surface area contributed by atoms with Gasteiger partial charge in [0.1, 0.15) is 11.5 Å². The lowest BCUT2D eigenvalue weighted by atomic mass is 10.1. The number of halogens is 1. The fraction of sp³-hybridized carbons (Fsp3) is 0.375. The summed E-state index contributed by atoms with van der Waals surface area (Å²) in [6.07, 6.45) is 0.764. The minimum atomic E-state index is -0.157. The first-order valence-corrected chi connectivity index (χ1v) is 9.15. The average molecular weight is 336 g/mol. The Balaban J connectivity index is 1.70. The molecule has 2 heterocycles. The smallest absolute Gasteiger partial charge is 0.273 e. The number of hydrogen-bond donors (Lipinski definition) is 0. The van der Waals surface area contributed by atoms with E-state index in [1.165, 1.54) is 17.4 Å². The molecule has 3 rings (SSSR count). The molecular weight excluding hydrogens is 319 g/mol. The highest BCUT2D eigenvalue weighted by Crippen LogP contribution is 2.35. The van der Waals surface area contributed by atoms with Crippen molar-refractivity contribution in [2.75, 3.05) is 18.8 Å². The molecule has 1 amide bonds. The van der Waals surface area contributed by atoms with Gasteiger partial charge in [-0.05, 0) is 19.4 Å². The van der Waals surface area contributed by atoms with Crippen molar-refractivity contribution in [3.05, 3.63) is 51.7 Å². The predicted octanol–water partition coefficient (Wildman–Crippen LogP) is 3.91. The molecule has 1 aromatic carbocycles. The third kappa shape index (κ3) is 3.33. The molecule has 22 heavy (non-hydrogen) atoms. The van der Waals surface area contributed by atoms with Crippen LogP contribution in [-0.2, 0) is 0 Å². The summed E-state index contributed by atoms with van der Waals surface area (Å²) >= 11 is 3.21. The highest BCUT2D eigenvalue weighted by atomic mass is 32.2. The zero-order chi connectivity index (χ0) is 15.5. The summed E-state index contributed by atoms with van der Waals surface area (Å²) in [6, 6.07) is 6.92. The number of carbonyl (C=O) groups is 1. The van der Waals surface area contributed by atoms with Crippen LogP contribution in [-0.4, -0.2) is 34.6 Å². The van der Waals surface area contributed by atoms with Crippen LogP contribution in [0.2, 0.25) is 0 Å². The van der Waals surface area contributed by atoms with Crippen molar-refractivity contribution in [3.63, 3.8) is 0 Å². The van der Waals surface area contributed by atoms with Crippen LogP contribution >= 0.6 is 23.1 Å². The Morgan fingerprint density at radius 2 is 2.18 bits per heavy atom. The summed E-state index contributed by atoms with van der Waals surface area (Å²) < 4.78 is 13.9. The fourth-order valence-corrected chi connectivity index (χ4v) is 4.42. The van der Waals surface area contributed by atoms with E-state index in [4.69, 9.17) is 0 Å². The number of aromatic nitrogens is 1. The standard InChI is InChI=1S/C16H17FN2OS2/c1-11-18-14(10-22-11)16(20)19-7-6-15(21-9-8-19)12-4-2-3-5-13(12)17/h2-5,10,15H,6-9H2,1H3/t15-/m0/s1. The van der Waals surface area contributed by atoms with E-state index in [9.17, 15) is 9.18 Å². The Morgan fingerprint density at radius 3 is 2.91 bits per heavy atom. The van der Waals surface area contributed by atoms with Gasteiger partial charge in [-0.1, -0.05) is 18.2 Å². The van der Waals surface area contributed by atoms with E-state index < -0.39 is 0 Å². The molecule has 0 unspecified atom stereocenters. The highest BCUT2D eigenvalue weighted by Gasteiger charge is 2.25. The molecule has 0 spiro atoms. The maximum absolute atomic E-state index is 13.9. The van der Waals surface area contributed by atoms with Crippen LogP contribution in [0.4, 0.5) is 4.39 Å². The molecular formula is C16H17FN2OS2. The SMILES string of the molecule is Cc1nc(C(=O)N2CCS[C@H](c3ccccc3F)CC2)cs1. The molecule has 0 bridgehead atoms. The third-order valence-electron chi connectivity index (χ3n) is 3.72. The molecule has 3 nitrogen and oxygen atoms in total. The van der Waals surface area contributed by atoms with Gasteiger partial charge in [0.05, 0.1) is 5.01 Å². The first kappa shape index (κ1) is 15.5. The van der Waals surface area contributed by atoms with Gasteiger partial charge >= 0.3 is 0 Å². The second kappa shape index (κ2) is 6.79. The first-order valence-electron chi connectivity index (χ1n) is 7.22. The highest BCUT2D eigenvalue weighted by molar-refractivity contribution is 7.99. The number of rotatable bonds is 2. The van der Waals surface area contributed by atoms with E-state index >= 15 is 0 Å². The lowest BCUT2D eigenvalue weighted by Gasteiger charge is -2.19. The van der Waals surface area contributed by atoms with Crippen molar-refractivity contribution in [1.29, 1.82) is 0 Å². The van der Waals surface area contributed by atoms with Gasteiger partial charge in [-0.2, -0.15) is 11.8 Å². The summed E-state index contributed by atoms with van der Waals surface area (Å²) in [4.78, 5) is 18.6. The van der Waals surface area contributed by atoms with Crippen LogP contribution in [0.3, 0.4) is 0 Å². The van der Waals surface area contributed by atoms with E-state index in [0.717, 1.165) is 22.7 Å². The van der Waals surface area contributed by atoms with Gasteiger partial charge in [0.25, 0.3) is 5.91 Å². The predicted molar refractivity (Wildman–Crippen MR) is 89.0 cm³/mol. The van der Waals surface area contributed by atoms with Crippen molar-refractivity contribution in [1.82, 2.24) is 9.88 Å². The molecule has 1 fully saturated rings. The van der Waals surface area contributed by atoms with Crippen molar-refractivity contribution >= 4 is 29.0 Å². The molecule has 1 aliphatic heterocycles. The normalized spacial score (nSPS) is 19.0. The van der Waals surface area contributed by atoms with Gasteiger partial charge in [-0.25, -0.2) is 9.37 Å². The van der Waals surface area contributed by atoms with Gasteiger partial charge in [-0.3, -0.25) is 4.79 Å². The Bertz CT molecular complexity index is 674. The molecule has 0 saturated carbocycles. The summed E-state index contributed by atoms with van der Waals surface area (Å²) in [7, 11) is 0. The summed E-state index contributed by atoms with van der Waals surface area (Å²) in [5.74, 6) is 0.641. The molecule has 0 radical (unpaired) electrons. The number of benzene rings is 1. The average Bonchev–Trinajstić information content (AvgIpc) is 2.81. The van der Waals surface area contributed by atoms with Gasteiger partial charge in [0.2, 0.25) is 0 Å². The maximum atomic E-state index is 13.9. The molecule has 1 aliphatic rings. The minimum Gasteiger partial charge on any atom is -0.336 e. The van der Waals surface area contributed by atoms with Crippen molar-refractivity contribution in [2.24, 2.45) is 0 Å².